The lowest BCUT2D eigenvalue weighted by Gasteiger charge is -2.23. The van der Waals surface area contributed by atoms with E-state index >= 15 is 0 Å². The van der Waals surface area contributed by atoms with Crippen LogP contribution < -0.4 is 19.9 Å². The first-order chi connectivity index (χ1) is 15.0. The molecule has 1 saturated carbocycles. The van der Waals surface area contributed by atoms with Gasteiger partial charge < -0.3 is 24.2 Å². The van der Waals surface area contributed by atoms with Crippen molar-refractivity contribution in [2.45, 2.75) is 13.0 Å². The number of carbonyl (C=O) groups excluding carboxylic acids is 2. The lowest BCUT2D eigenvalue weighted by Crippen LogP contribution is -2.33. The zero-order valence-electron chi connectivity index (χ0n) is 17.0. The minimum absolute atomic E-state index is 0.194. The highest BCUT2D eigenvalue weighted by Crippen LogP contribution is 2.52. The second-order valence-corrected chi connectivity index (χ2v) is 8.23. The summed E-state index contributed by atoms with van der Waals surface area (Å²) in [6.07, 6.45) is 0.475. The van der Waals surface area contributed by atoms with Gasteiger partial charge in [0.25, 0.3) is 5.88 Å². The molecule has 2 saturated heterocycles. The number of hydrogen-bond donors (Lipinski definition) is 1. The van der Waals surface area contributed by atoms with E-state index < -0.39 is 12.2 Å². The molecule has 1 N–H and O–H groups in total. The van der Waals surface area contributed by atoms with E-state index in [1.54, 1.807) is 18.2 Å². The van der Waals surface area contributed by atoms with Crippen molar-refractivity contribution < 1.29 is 28.0 Å². The summed E-state index contributed by atoms with van der Waals surface area (Å²) < 4.78 is 30.5. The maximum atomic E-state index is 14.9. The molecule has 1 aromatic heterocycles. The molecule has 5 rings (SSSR count). The molecule has 10 heteroatoms. The van der Waals surface area contributed by atoms with E-state index in [0.717, 1.165) is 13.1 Å². The van der Waals surface area contributed by atoms with Crippen molar-refractivity contribution in [2.24, 2.45) is 17.8 Å². The Morgan fingerprint density at radius 2 is 2.10 bits per heavy atom. The number of piperidine rings is 1. The molecule has 31 heavy (non-hydrogen) atoms. The van der Waals surface area contributed by atoms with Crippen LogP contribution in [-0.4, -0.2) is 56.0 Å². The molecule has 4 atom stereocenters. The fourth-order valence-corrected chi connectivity index (χ4v) is 4.57. The van der Waals surface area contributed by atoms with Gasteiger partial charge >= 0.3 is 6.09 Å². The molecule has 1 unspecified atom stereocenters. The maximum Gasteiger partial charge on any atom is 0.414 e. The largest absolute Gasteiger partial charge is 0.475 e. The number of rotatable bonds is 7. The lowest BCUT2D eigenvalue weighted by molar-refractivity contribution is -0.119. The van der Waals surface area contributed by atoms with Crippen molar-refractivity contribution in [3.63, 3.8) is 0 Å². The number of amides is 2. The highest BCUT2D eigenvalue weighted by atomic mass is 19.1. The third-order valence-electron chi connectivity index (χ3n) is 6.25. The molecule has 3 heterocycles. The molecule has 3 fully saturated rings. The number of benzene rings is 1. The molecule has 164 valence electrons. The van der Waals surface area contributed by atoms with Gasteiger partial charge in [-0.25, -0.2) is 9.18 Å². The van der Waals surface area contributed by atoms with E-state index in [2.05, 4.69) is 10.5 Å². The summed E-state index contributed by atoms with van der Waals surface area (Å²) in [5, 5.41) is 6.37. The Morgan fingerprint density at radius 1 is 1.29 bits per heavy atom. The monoisotopic (exact) mass is 430 g/mol. The third-order valence-corrected chi connectivity index (χ3v) is 6.25. The zero-order chi connectivity index (χ0) is 21.5. The molecule has 1 aliphatic carbocycles. The van der Waals surface area contributed by atoms with E-state index in [-0.39, 0.29) is 24.8 Å². The highest BCUT2D eigenvalue weighted by molar-refractivity contribution is 5.90. The van der Waals surface area contributed by atoms with Crippen LogP contribution in [0.1, 0.15) is 6.92 Å². The van der Waals surface area contributed by atoms with Crippen LogP contribution in [0.3, 0.4) is 0 Å². The predicted octanol–water partition coefficient (Wildman–Crippen LogP) is 2.04. The van der Waals surface area contributed by atoms with Crippen molar-refractivity contribution in [2.75, 3.05) is 42.6 Å². The van der Waals surface area contributed by atoms with Crippen LogP contribution in [0, 0.1) is 23.6 Å². The number of ether oxygens (including phenoxy) is 2. The van der Waals surface area contributed by atoms with Gasteiger partial charge in [0.15, 0.2) is 0 Å². The van der Waals surface area contributed by atoms with Gasteiger partial charge in [0.2, 0.25) is 5.91 Å². The van der Waals surface area contributed by atoms with Crippen molar-refractivity contribution in [3.05, 3.63) is 36.3 Å². The molecular weight excluding hydrogens is 407 g/mol. The standard InChI is InChI=1S/C21H23FN4O5/c1-12(27)23-7-14-8-26(21(28)31-14)13-2-3-19(18(22)6-13)25-9-15-16(10-25)17(15)11-29-20-4-5-30-24-20/h2-6,14-17H,7-11H2,1H3,(H,23,27)/t14-,15-,16+,17?/m0/s1. The maximum absolute atomic E-state index is 14.9. The van der Waals surface area contributed by atoms with Gasteiger partial charge in [-0.1, -0.05) is 0 Å². The summed E-state index contributed by atoms with van der Waals surface area (Å²) in [5.41, 5.74) is 0.981. The molecule has 2 amide bonds. The third kappa shape index (κ3) is 3.89. The summed E-state index contributed by atoms with van der Waals surface area (Å²) >= 11 is 0. The Morgan fingerprint density at radius 3 is 2.77 bits per heavy atom. The van der Waals surface area contributed by atoms with E-state index in [1.807, 2.05) is 4.90 Å². The SMILES string of the molecule is CC(=O)NC[C@H]1CN(c2ccc(N3C[C@@H]4C(COc5ccon5)[C@@H]4C3)c(F)c2)C(=O)O1. The summed E-state index contributed by atoms with van der Waals surface area (Å²) in [5.74, 6) is 1.34. The van der Waals surface area contributed by atoms with Gasteiger partial charge in [0.1, 0.15) is 18.2 Å². The smallest absolute Gasteiger partial charge is 0.414 e. The average Bonchev–Trinajstić information content (AvgIpc) is 3.21. The minimum Gasteiger partial charge on any atom is -0.475 e. The van der Waals surface area contributed by atoms with Crippen LogP contribution in [0.2, 0.25) is 0 Å². The van der Waals surface area contributed by atoms with Gasteiger partial charge in [-0.05, 0) is 35.2 Å². The fourth-order valence-electron chi connectivity index (χ4n) is 4.57. The average molecular weight is 430 g/mol. The Hall–Kier alpha value is -3.30. The summed E-state index contributed by atoms with van der Waals surface area (Å²) in [6, 6.07) is 6.49. The number of nitrogens with zero attached hydrogens (tertiary/aromatic N) is 3. The number of carbonyl (C=O) groups is 2. The Labute approximate surface area is 178 Å². The molecule has 9 nitrogen and oxygen atoms in total. The van der Waals surface area contributed by atoms with Crippen LogP contribution in [0.5, 0.6) is 5.88 Å². The first kappa shape index (κ1) is 19.7. The van der Waals surface area contributed by atoms with Gasteiger partial charge in [0, 0.05) is 32.0 Å². The van der Waals surface area contributed by atoms with Crippen LogP contribution in [0.25, 0.3) is 0 Å². The predicted molar refractivity (Wildman–Crippen MR) is 107 cm³/mol. The van der Waals surface area contributed by atoms with Gasteiger partial charge in [-0.3, -0.25) is 9.69 Å². The van der Waals surface area contributed by atoms with Gasteiger partial charge in [-0.15, -0.1) is 0 Å². The normalized spacial score (nSPS) is 26.6. The lowest BCUT2D eigenvalue weighted by atomic mass is 10.2. The molecule has 0 spiro atoms. The van der Waals surface area contributed by atoms with Crippen LogP contribution in [0.4, 0.5) is 20.6 Å². The van der Waals surface area contributed by atoms with Crippen LogP contribution in [0.15, 0.2) is 35.1 Å². The Kier molecular flexibility index (Phi) is 4.91. The first-order valence-electron chi connectivity index (χ1n) is 10.3. The molecule has 0 radical (unpaired) electrons. The molecule has 0 bridgehead atoms. The highest BCUT2D eigenvalue weighted by Gasteiger charge is 2.56. The number of hydrogen-bond acceptors (Lipinski definition) is 7. The van der Waals surface area contributed by atoms with E-state index in [0.29, 0.717) is 41.6 Å². The van der Waals surface area contributed by atoms with Crippen molar-refractivity contribution in [1.82, 2.24) is 10.5 Å². The Bertz CT molecular complexity index is 972. The Balaban J connectivity index is 1.17. The first-order valence-corrected chi connectivity index (χ1v) is 10.3. The number of halogens is 1. The van der Waals surface area contributed by atoms with Crippen LogP contribution >= 0.6 is 0 Å². The number of aromatic nitrogens is 1. The van der Waals surface area contributed by atoms with E-state index in [1.165, 1.54) is 24.2 Å². The zero-order valence-corrected chi connectivity index (χ0v) is 17.0. The van der Waals surface area contributed by atoms with Crippen LogP contribution in [-0.2, 0) is 9.53 Å². The summed E-state index contributed by atoms with van der Waals surface area (Å²) in [7, 11) is 0. The van der Waals surface area contributed by atoms with E-state index in [4.69, 9.17) is 14.0 Å². The summed E-state index contributed by atoms with van der Waals surface area (Å²) in [4.78, 5) is 26.6. The van der Waals surface area contributed by atoms with Gasteiger partial charge in [-0.2, -0.15) is 0 Å². The number of anilines is 2. The summed E-state index contributed by atoms with van der Waals surface area (Å²) in [6.45, 7) is 4.04. The van der Waals surface area contributed by atoms with Crippen molar-refractivity contribution in [3.8, 4) is 5.88 Å². The molecule has 1 aromatic carbocycles. The van der Waals surface area contributed by atoms with Crippen molar-refractivity contribution in [1.29, 1.82) is 0 Å². The number of fused-ring (bicyclic) bond motifs is 1. The number of cyclic esters (lactones) is 1. The van der Waals surface area contributed by atoms with E-state index in [9.17, 15) is 14.0 Å². The van der Waals surface area contributed by atoms with Gasteiger partial charge in [0.05, 0.1) is 31.1 Å². The molecular formula is C21H23FN4O5. The molecule has 2 aromatic rings. The molecule has 3 aliphatic rings. The quantitative estimate of drug-likeness (QED) is 0.718. The molecule has 2 aliphatic heterocycles. The van der Waals surface area contributed by atoms with Crippen molar-refractivity contribution >= 4 is 23.4 Å². The fraction of sp³-hybridized carbons (Fsp3) is 0.476. The minimum atomic E-state index is -0.542. The second-order valence-electron chi connectivity index (χ2n) is 8.23. The second kappa shape index (κ2) is 7.75. The number of nitrogens with one attached hydrogen (secondary N) is 1. The topological polar surface area (TPSA) is 97.1 Å².